The Bertz CT molecular complexity index is 549. The molecular formula is C11H12ClN3O2. The molecular weight excluding hydrogens is 242 g/mol. The second-order valence-electron chi connectivity index (χ2n) is 3.64. The first-order valence-electron chi connectivity index (χ1n) is 5.38. The molecule has 0 amide bonds. The van der Waals surface area contributed by atoms with Crippen molar-refractivity contribution in [3.05, 3.63) is 34.4 Å². The van der Waals surface area contributed by atoms with Gasteiger partial charge in [-0.1, -0.05) is 24.6 Å². The maximum absolute atomic E-state index is 11.1. The summed E-state index contributed by atoms with van der Waals surface area (Å²) in [6.07, 6.45) is 1.73. The van der Waals surface area contributed by atoms with E-state index in [4.69, 9.17) is 16.1 Å². The Hall–Kier alpha value is -1.62. The molecule has 2 rings (SSSR count). The Labute approximate surface area is 103 Å². The summed E-state index contributed by atoms with van der Waals surface area (Å²) in [6.45, 7) is 2.03. The first-order chi connectivity index (χ1) is 8.20. The molecule has 0 aliphatic rings. The molecule has 0 radical (unpaired) electrons. The van der Waals surface area contributed by atoms with Crippen molar-refractivity contribution in [2.75, 3.05) is 0 Å². The van der Waals surface area contributed by atoms with Crippen LogP contribution < -0.4 is 5.56 Å². The minimum atomic E-state index is -0.257. The molecule has 0 saturated carbocycles. The van der Waals surface area contributed by atoms with Crippen LogP contribution in [-0.4, -0.2) is 15.1 Å². The third-order valence-electron chi connectivity index (χ3n) is 2.26. The minimum absolute atomic E-state index is 0.210. The summed E-state index contributed by atoms with van der Waals surface area (Å²) in [5.41, 5.74) is 0.287. The lowest BCUT2D eigenvalue weighted by Gasteiger charge is -1.99. The fourth-order valence-corrected chi connectivity index (χ4v) is 1.73. The first-order valence-corrected chi connectivity index (χ1v) is 5.81. The smallest absolute Gasteiger partial charge is 0.274 e. The number of nitrogens with zero attached hydrogens (tertiary/aromatic N) is 2. The molecule has 0 aliphatic carbocycles. The fourth-order valence-electron chi connectivity index (χ4n) is 1.43. The van der Waals surface area contributed by atoms with Gasteiger partial charge >= 0.3 is 0 Å². The Morgan fingerprint density at radius 1 is 1.53 bits per heavy atom. The zero-order valence-electron chi connectivity index (χ0n) is 9.31. The van der Waals surface area contributed by atoms with Crippen molar-refractivity contribution in [3.63, 3.8) is 0 Å². The van der Waals surface area contributed by atoms with E-state index in [1.807, 2.05) is 6.92 Å². The van der Waals surface area contributed by atoms with Crippen LogP contribution in [0, 0.1) is 0 Å². The lowest BCUT2D eigenvalue weighted by molar-refractivity contribution is 0.419. The van der Waals surface area contributed by atoms with Crippen LogP contribution in [0.3, 0.4) is 0 Å². The molecule has 0 aliphatic heterocycles. The highest BCUT2D eigenvalue weighted by molar-refractivity contribution is 6.20. The van der Waals surface area contributed by atoms with Gasteiger partial charge in [0.1, 0.15) is 5.69 Å². The average Bonchev–Trinajstić information content (AvgIpc) is 2.78. The second kappa shape index (κ2) is 5.14. The van der Waals surface area contributed by atoms with Crippen LogP contribution in [0.2, 0.25) is 0 Å². The summed E-state index contributed by atoms with van der Waals surface area (Å²) in [5, 5.41) is 3.54. The Balaban J connectivity index is 2.26. The molecule has 1 N–H and O–H groups in total. The van der Waals surface area contributed by atoms with Crippen molar-refractivity contribution in [2.24, 2.45) is 0 Å². The molecule has 0 spiro atoms. The summed E-state index contributed by atoms with van der Waals surface area (Å²) in [6, 6.07) is 4.74. The topological polar surface area (TPSA) is 71.8 Å². The predicted molar refractivity (Wildman–Crippen MR) is 63.9 cm³/mol. The highest BCUT2D eigenvalue weighted by atomic mass is 35.5. The van der Waals surface area contributed by atoms with Crippen molar-refractivity contribution >= 4 is 11.6 Å². The molecule has 2 aromatic heterocycles. The SMILES string of the molecule is CCCC(Cl)c1noc(-c2cccc(=O)[nH]2)n1. The molecule has 0 bridgehead atoms. The number of aromatic amines is 1. The molecule has 1 unspecified atom stereocenters. The van der Waals surface area contributed by atoms with Gasteiger partial charge in [-0.05, 0) is 12.5 Å². The number of hydrogen-bond donors (Lipinski definition) is 1. The Kier molecular flexibility index (Phi) is 3.58. The predicted octanol–water partition coefficient (Wildman–Crippen LogP) is 2.50. The number of aromatic nitrogens is 3. The van der Waals surface area contributed by atoms with Gasteiger partial charge in [-0.3, -0.25) is 4.79 Å². The van der Waals surface area contributed by atoms with Crippen LogP contribution in [-0.2, 0) is 0 Å². The van der Waals surface area contributed by atoms with E-state index in [9.17, 15) is 4.79 Å². The van der Waals surface area contributed by atoms with E-state index in [0.29, 0.717) is 11.5 Å². The quantitative estimate of drug-likeness (QED) is 0.850. The summed E-state index contributed by atoms with van der Waals surface area (Å²) < 4.78 is 5.06. The molecule has 0 fully saturated rings. The van der Waals surface area contributed by atoms with Crippen molar-refractivity contribution in [3.8, 4) is 11.6 Å². The van der Waals surface area contributed by atoms with Gasteiger partial charge in [-0.2, -0.15) is 4.98 Å². The number of pyridine rings is 1. The lowest BCUT2D eigenvalue weighted by atomic mass is 10.2. The minimum Gasteiger partial charge on any atom is -0.332 e. The molecule has 1 atom stereocenters. The van der Waals surface area contributed by atoms with Crippen molar-refractivity contribution in [1.82, 2.24) is 15.1 Å². The zero-order chi connectivity index (χ0) is 12.3. The van der Waals surface area contributed by atoms with Gasteiger partial charge in [0.15, 0.2) is 5.82 Å². The van der Waals surface area contributed by atoms with E-state index in [2.05, 4.69) is 15.1 Å². The van der Waals surface area contributed by atoms with Crippen LogP contribution in [0.25, 0.3) is 11.6 Å². The number of halogens is 1. The highest BCUT2D eigenvalue weighted by Crippen LogP contribution is 2.24. The molecule has 5 nitrogen and oxygen atoms in total. The number of hydrogen-bond acceptors (Lipinski definition) is 4. The van der Waals surface area contributed by atoms with E-state index in [-0.39, 0.29) is 16.8 Å². The van der Waals surface area contributed by atoms with Crippen LogP contribution in [0.15, 0.2) is 27.5 Å². The van der Waals surface area contributed by atoms with E-state index in [0.717, 1.165) is 12.8 Å². The fraction of sp³-hybridized carbons (Fsp3) is 0.364. The summed E-state index contributed by atoms with van der Waals surface area (Å²) in [5.74, 6) is 0.729. The second-order valence-corrected chi connectivity index (χ2v) is 4.17. The van der Waals surface area contributed by atoms with Gasteiger partial charge < -0.3 is 9.51 Å². The van der Waals surface area contributed by atoms with E-state index < -0.39 is 0 Å². The molecule has 6 heteroatoms. The van der Waals surface area contributed by atoms with Crippen LogP contribution in [0.4, 0.5) is 0 Å². The molecule has 2 aromatic rings. The molecule has 90 valence electrons. The summed E-state index contributed by atoms with van der Waals surface area (Å²) in [7, 11) is 0. The molecule has 17 heavy (non-hydrogen) atoms. The monoisotopic (exact) mass is 253 g/mol. The number of nitrogens with one attached hydrogen (secondary N) is 1. The maximum Gasteiger partial charge on any atom is 0.274 e. The van der Waals surface area contributed by atoms with E-state index >= 15 is 0 Å². The van der Waals surface area contributed by atoms with Gasteiger partial charge in [-0.25, -0.2) is 0 Å². The third-order valence-corrected chi connectivity index (χ3v) is 2.68. The maximum atomic E-state index is 11.1. The summed E-state index contributed by atoms with van der Waals surface area (Å²) in [4.78, 5) is 17.9. The molecule has 0 saturated heterocycles. The van der Waals surface area contributed by atoms with Crippen molar-refractivity contribution in [2.45, 2.75) is 25.1 Å². The van der Waals surface area contributed by atoms with Crippen molar-refractivity contribution in [1.29, 1.82) is 0 Å². The van der Waals surface area contributed by atoms with Crippen LogP contribution in [0.5, 0.6) is 0 Å². The normalized spacial score (nSPS) is 12.6. The average molecular weight is 254 g/mol. The van der Waals surface area contributed by atoms with Crippen LogP contribution in [0.1, 0.15) is 31.0 Å². The number of alkyl halides is 1. The van der Waals surface area contributed by atoms with E-state index in [1.54, 1.807) is 12.1 Å². The van der Waals surface area contributed by atoms with Gasteiger partial charge in [0.25, 0.3) is 5.89 Å². The van der Waals surface area contributed by atoms with Gasteiger partial charge in [0, 0.05) is 6.07 Å². The molecule has 2 heterocycles. The number of rotatable bonds is 4. The number of H-pyrrole nitrogens is 1. The van der Waals surface area contributed by atoms with Gasteiger partial charge in [0.05, 0.1) is 5.38 Å². The van der Waals surface area contributed by atoms with Gasteiger partial charge in [0.2, 0.25) is 5.56 Å². The summed E-state index contributed by atoms with van der Waals surface area (Å²) >= 11 is 6.08. The van der Waals surface area contributed by atoms with Crippen LogP contribution >= 0.6 is 11.6 Å². The Morgan fingerprint density at radius 2 is 2.35 bits per heavy atom. The van der Waals surface area contributed by atoms with E-state index in [1.165, 1.54) is 6.07 Å². The largest absolute Gasteiger partial charge is 0.332 e. The first kappa shape index (κ1) is 11.9. The van der Waals surface area contributed by atoms with Crippen molar-refractivity contribution < 1.29 is 4.52 Å². The third kappa shape index (κ3) is 2.74. The van der Waals surface area contributed by atoms with Gasteiger partial charge in [-0.15, -0.1) is 11.6 Å². The molecule has 0 aromatic carbocycles. The highest BCUT2D eigenvalue weighted by Gasteiger charge is 2.16. The Morgan fingerprint density at radius 3 is 3.06 bits per heavy atom. The zero-order valence-corrected chi connectivity index (χ0v) is 10.1. The standard InChI is InChI=1S/C11H12ClN3O2/c1-2-4-7(12)10-14-11(17-15-10)8-5-3-6-9(16)13-8/h3,5-7H,2,4H2,1H3,(H,13,16). The lowest BCUT2D eigenvalue weighted by Crippen LogP contribution is -2.03.